The van der Waals surface area contributed by atoms with Crippen LogP contribution in [-0.4, -0.2) is 15.0 Å². The monoisotopic (exact) mass is 318 g/mol. The van der Waals surface area contributed by atoms with E-state index in [4.69, 9.17) is 23.2 Å². The maximum atomic E-state index is 6.03. The second kappa shape index (κ2) is 6.16. The summed E-state index contributed by atoms with van der Waals surface area (Å²) in [7, 11) is 0. The fraction of sp³-hybridized carbons (Fsp3) is 0.0667. The maximum absolute atomic E-state index is 6.03. The molecule has 0 saturated carbocycles. The van der Waals surface area contributed by atoms with Gasteiger partial charge in [-0.3, -0.25) is 0 Å². The lowest BCUT2D eigenvalue weighted by atomic mass is 10.2. The number of rotatable bonds is 4. The highest BCUT2D eigenvalue weighted by Crippen LogP contribution is 2.24. The normalized spacial score (nSPS) is 10.6. The van der Waals surface area contributed by atoms with Crippen molar-refractivity contribution in [3.05, 3.63) is 70.5 Å². The number of nitrogens with zero attached hydrogens (tertiary/aromatic N) is 3. The minimum Gasteiger partial charge on any atom is -0.379 e. The molecule has 0 unspecified atom stereocenters. The van der Waals surface area contributed by atoms with Crippen molar-refractivity contribution in [1.29, 1.82) is 0 Å². The fourth-order valence-electron chi connectivity index (χ4n) is 2.01. The zero-order chi connectivity index (χ0) is 14.7. The summed E-state index contributed by atoms with van der Waals surface area (Å²) in [5.74, 6) is 0. The van der Waals surface area contributed by atoms with Crippen LogP contribution in [0.25, 0.3) is 5.69 Å². The predicted octanol–water partition coefficient (Wildman–Crippen LogP) is 4.19. The lowest BCUT2D eigenvalue weighted by molar-refractivity contribution is 0.803. The lowest BCUT2D eigenvalue weighted by Crippen LogP contribution is -2.05. The highest BCUT2D eigenvalue weighted by molar-refractivity contribution is 6.42. The Labute approximate surface area is 132 Å². The van der Waals surface area contributed by atoms with E-state index in [-0.39, 0.29) is 0 Å². The molecule has 0 aliphatic rings. The Balaban J connectivity index is 1.81. The van der Waals surface area contributed by atoms with Gasteiger partial charge < -0.3 is 5.32 Å². The maximum Gasteiger partial charge on any atom is 0.0894 e. The summed E-state index contributed by atoms with van der Waals surface area (Å²) in [4.78, 5) is 0. The van der Waals surface area contributed by atoms with Crippen molar-refractivity contribution in [2.24, 2.45) is 0 Å². The van der Waals surface area contributed by atoms with Crippen molar-refractivity contribution in [2.75, 3.05) is 5.32 Å². The average molecular weight is 319 g/mol. The van der Waals surface area contributed by atoms with Crippen molar-refractivity contribution in [1.82, 2.24) is 15.0 Å². The zero-order valence-corrected chi connectivity index (χ0v) is 12.5. The smallest absolute Gasteiger partial charge is 0.0894 e. The van der Waals surface area contributed by atoms with Crippen LogP contribution in [-0.2, 0) is 6.54 Å². The van der Waals surface area contributed by atoms with Crippen LogP contribution in [0, 0.1) is 0 Å². The van der Waals surface area contributed by atoms with Crippen molar-refractivity contribution in [3.63, 3.8) is 0 Å². The molecule has 0 spiro atoms. The van der Waals surface area contributed by atoms with Gasteiger partial charge in [-0.15, -0.1) is 5.10 Å². The van der Waals surface area contributed by atoms with E-state index in [9.17, 15) is 0 Å². The molecule has 3 rings (SSSR count). The molecular formula is C15H12Cl2N4. The van der Waals surface area contributed by atoms with E-state index in [1.807, 2.05) is 36.4 Å². The molecule has 4 nitrogen and oxygen atoms in total. The van der Waals surface area contributed by atoms with E-state index in [0.29, 0.717) is 16.6 Å². The first kappa shape index (κ1) is 13.9. The molecule has 1 aromatic heterocycles. The Morgan fingerprint density at radius 3 is 2.67 bits per heavy atom. The van der Waals surface area contributed by atoms with Gasteiger partial charge in [-0.25, -0.2) is 4.68 Å². The van der Waals surface area contributed by atoms with Gasteiger partial charge in [-0.05, 0) is 29.8 Å². The third-order valence-electron chi connectivity index (χ3n) is 3.04. The second-order valence-electron chi connectivity index (χ2n) is 4.47. The molecule has 0 radical (unpaired) electrons. The number of anilines is 1. The van der Waals surface area contributed by atoms with Gasteiger partial charge in [0.1, 0.15) is 0 Å². The van der Waals surface area contributed by atoms with Crippen LogP contribution in [0.3, 0.4) is 0 Å². The summed E-state index contributed by atoms with van der Waals surface area (Å²) in [5, 5.41) is 12.3. The zero-order valence-electron chi connectivity index (χ0n) is 11.0. The molecule has 1 heterocycles. The van der Waals surface area contributed by atoms with Gasteiger partial charge in [-0.1, -0.05) is 46.6 Å². The fourth-order valence-corrected chi connectivity index (χ4v) is 2.33. The number of nitrogens with one attached hydrogen (secondary N) is 1. The number of aromatic nitrogens is 3. The van der Waals surface area contributed by atoms with Crippen LogP contribution in [0.4, 0.5) is 5.69 Å². The van der Waals surface area contributed by atoms with Crippen LogP contribution in [0.2, 0.25) is 10.0 Å². The van der Waals surface area contributed by atoms with E-state index >= 15 is 0 Å². The molecule has 1 N–H and O–H groups in total. The summed E-state index contributed by atoms with van der Waals surface area (Å²) >= 11 is 11.9. The van der Waals surface area contributed by atoms with Crippen molar-refractivity contribution in [3.8, 4) is 5.69 Å². The average Bonchev–Trinajstić information content (AvgIpc) is 3.03. The molecule has 0 aliphatic carbocycles. The standard InChI is InChI=1S/C15H12Cl2N4/c16-12-6-5-11(9-13(12)17)10-18-14-3-1-2-4-15(14)21-8-7-19-20-21/h1-9,18H,10H2. The molecule has 3 aromatic rings. The molecule has 21 heavy (non-hydrogen) atoms. The van der Waals surface area contributed by atoms with E-state index in [2.05, 4.69) is 15.6 Å². The molecule has 0 bridgehead atoms. The Hall–Kier alpha value is -2.04. The van der Waals surface area contributed by atoms with Crippen molar-refractivity contribution >= 4 is 28.9 Å². The topological polar surface area (TPSA) is 42.7 Å². The highest BCUT2D eigenvalue weighted by atomic mass is 35.5. The Morgan fingerprint density at radius 2 is 1.90 bits per heavy atom. The van der Waals surface area contributed by atoms with Gasteiger partial charge in [-0.2, -0.15) is 0 Å². The first-order chi connectivity index (χ1) is 10.2. The van der Waals surface area contributed by atoms with Gasteiger partial charge in [0.2, 0.25) is 0 Å². The van der Waals surface area contributed by atoms with Crippen molar-refractivity contribution < 1.29 is 0 Å². The van der Waals surface area contributed by atoms with Gasteiger partial charge in [0.05, 0.1) is 33.8 Å². The number of hydrogen-bond donors (Lipinski definition) is 1. The summed E-state index contributed by atoms with van der Waals surface area (Å²) in [6.07, 6.45) is 3.45. The van der Waals surface area contributed by atoms with Crippen LogP contribution < -0.4 is 5.32 Å². The molecule has 0 saturated heterocycles. The predicted molar refractivity (Wildman–Crippen MR) is 85.1 cm³/mol. The molecule has 0 atom stereocenters. The quantitative estimate of drug-likeness (QED) is 0.784. The molecular weight excluding hydrogens is 307 g/mol. The van der Waals surface area contributed by atoms with Crippen LogP contribution in [0.1, 0.15) is 5.56 Å². The van der Waals surface area contributed by atoms with Crippen molar-refractivity contribution in [2.45, 2.75) is 6.54 Å². The van der Waals surface area contributed by atoms with Crippen LogP contribution in [0.5, 0.6) is 0 Å². The number of para-hydroxylation sites is 2. The summed E-state index contributed by atoms with van der Waals surface area (Å²) < 4.78 is 1.72. The largest absolute Gasteiger partial charge is 0.379 e. The molecule has 0 fully saturated rings. The molecule has 6 heteroatoms. The first-order valence-corrected chi connectivity index (χ1v) is 7.13. The minimum absolute atomic E-state index is 0.556. The Kier molecular flexibility index (Phi) is 4.08. The number of halogens is 2. The highest BCUT2D eigenvalue weighted by Gasteiger charge is 2.05. The van der Waals surface area contributed by atoms with Crippen LogP contribution >= 0.6 is 23.2 Å². The molecule has 0 aliphatic heterocycles. The van der Waals surface area contributed by atoms with E-state index in [0.717, 1.165) is 16.9 Å². The van der Waals surface area contributed by atoms with E-state index < -0.39 is 0 Å². The third kappa shape index (κ3) is 3.17. The second-order valence-corrected chi connectivity index (χ2v) is 5.28. The van der Waals surface area contributed by atoms with Gasteiger partial charge in [0.25, 0.3) is 0 Å². The summed E-state index contributed by atoms with van der Waals surface area (Å²) in [5.41, 5.74) is 2.96. The third-order valence-corrected chi connectivity index (χ3v) is 3.78. The number of benzene rings is 2. The Bertz CT molecular complexity index is 741. The van der Waals surface area contributed by atoms with Gasteiger partial charge in [0, 0.05) is 6.54 Å². The SMILES string of the molecule is Clc1ccc(CNc2ccccc2-n2ccnn2)cc1Cl. The molecule has 2 aromatic carbocycles. The molecule has 106 valence electrons. The lowest BCUT2D eigenvalue weighted by Gasteiger charge is -2.12. The first-order valence-electron chi connectivity index (χ1n) is 6.37. The van der Waals surface area contributed by atoms with Crippen LogP contribution in [0.15, 0.2) is 54.9 Å². The minimum atomic E-state index is 0.556. The molecule has 0 amide bonds. The summed E-state index contributed by atoms with van der Waals surface area (Å²) in [6, 6.07) is 13.5. The summed E-state index contributed by atoms with van der Waals surface area (Å²) in [6.45, 7) is 0.641. The van der Waals surface area contributed by atoms with Gasteiger partial charge >= 0.3 is 0 Å². The van der Waals surface area contributed by atoms with E-state index in [1.165, 1.54) is 0 Å². The van der Waals surface area contributed by atoms with E-state index in [1.54, 1.807) is 23.1 Å². The number of hydrogen-bond acceptors (Lipinski definition) is 3. The Morgan fingerprint density at radius 1 is 1.05 bits per heavy atom. The van der Waals surface area contributed by atoms with Gasteiger partial charge in [0.15, 0.2) is 0 Å².